The normalized spacial score (nSPS) is 10.4. The van der Waals surface area contributed by atoms with Crippen LogP contribution in [0.5, 0.6) is 5.75 Å². The van der Waals surface area contributed by atoms with Gasteiger partial charge in [0, 0.05) is 43.7 Å². The van der Waals surface area contributed by atoms with Crippen molar-refractivity contribution in [1.29, 1.82) is 5.26 Å². The number of nitrogens with one attached hydrogen (secondary N) is 1. The average Bonchev–Trinajstić information content (AvgIpc) is 3.21. The first-order valence-electron chi connectivity index (χ1n) is 8.60. The zero-order valence-electron chi connectivity index (χ0n) is 14.5. The molecule has 0 amide bonds. The number of nitrogens with zero attached hydrogens (tertiary/aromatic N) is 4. The molecule has 3 rings (SSSR count). The number of rotatable bonds is 9. The number of nitriles is 1. The van der Waals surface area contributed by atoms with Crippen LogP contribution in [0, 0.1) is 11.3 Å². The quantitative estimate of drug-likeness (QED) is 0.601. The Balaban J connectivity index is 1.55. The van der Waals surface area contributed by atoms with E-state index in [2.05, 4.69) is 27.5 Å². The zero-order valence-corrected chi connectivity index (χ0v) is 14.5. The molecule has 1 aromatic carbocycles. The van der Waals surface area contributed by atoms with E-state index in [1.165, 1.54) is 0 Å². The number of ether oxygens (including phenoxy) is 1. The zero-order chi connectivity index (χ0) is 18.0. The van der Waals surface area contributed by atoms with Crippen LogP contribution in [-0.4, -0.2) is 21.4 Å². The maximum absolute atomic E-state index is 8.55. The maximum Gasteiger partial charge on any atom is 0.157 e. The highest BCUT2D eigenvalue weighted by Gasteiger charge is 2.05. The summed E-state index contributed by atoms with van der Waals surface area (Å²) in [5.41, 5.74) is 2.23. The third kappa shape index (κ3) is 4.91. The fourth-order valence-electron chi connectivity index (χ4n) is 2.60. The number of hydrogen-bond acceptors (Lipinski definition) is 5. The van der Waals surface area contributed by atoms with Crippen molar-refractivity contribution in [3.05, 3.63) is 72.2 Å². The highest BCUT2D eigenvalue weighted by atomic mass is 16.5. The van der Waals surface area contributed by atoms with Gasteiger partial charge in [-0.3, -0.25) is 0 Å². The molecular formula is C20H21N5O. The van der Waals surface area contributed by atoms with Gasteiger partial charge in [-0.05, 0) is 36.2 Å². The Bertz CT molecular complexity index is 855. The molecule has 132 valence electrons. The lowest BCUT2D eigenvalue weighted by atomic mass is 10.2. The second kappa shape index (κ2) is 9.35. The van der Waals surface area contributed by atoms with Gasteiger partial charge in [-0.2, -0.15) is 10.4 Å². The van der Waals surface area contributed by atoms with Gasteiger partial charge in [0.15, 0.2) is 5.82 Å². The van der Waals surface area contributed by atoms with Crippen molar-refractivity contribution in [3.63, 3.8) is 0 Å². The van der Waals surface area contributed by atoms with E-state index < -0.39 is 0 Å². The van der Waals surface area contributed by atoms with E-state index in [9.17, 15) is 0 Å². The van der Waals surface area contributed by atoms with Gasteiger partial charge in [0.25, 0.3) is 0 Å². The lowest BCUT2D eigenvalue weighted by molar-refractivity contribution is 0.312. The Morgan fingerprint density at radius 1 is 1.12 bits per heavy atom. The summed E-state index contributed by atoms with van der Waals surface area (Å²) in [6.45, 7) is 1.98. The predicted molar refractivity (Wildman–Crippen MR) is 98.7 cm³/mol. The molecule has 2 aromatic heterocycles. The van der Waals surface area contributed by atoms with Crippen LogP contribution in [-0.2, 0) is 13.1 Å². The molecular weight excluding hydrogens is 326 g/mol. The molecule has 3 aromatic rings. The lowest BCUT2D eigenvalue weighted by Crippen LogP contribution is -2.15. The molecule has 0 atom stereocenters. The molecule has 2 heterocycles. The molecule has 0 aliphatic rings. The molecule has 6 nitrogen and oxygen atoms in total. The minimum absolute atomic E-state index is 0.519. The van der Waals surface area contributed by atoms with Crippen molar-refractivity contribution in [3.8, 4) is 17.6 Å². The van der Waals surface area contributed by atoms with Gasteiger partial charge in [-0.25, -0.2) is 9.67 Å². The SMILES string of the molecule is N#CCCCOc1cccc(CNCc2cccnc2-n2cccn2)c1. The Morgan fingerprint density at radius 3 is 2.92 bits per heavy atom. The van der Waals surface area contributed by atoms with Crippen LogP contribution in [0.1, 0.15) is 24.0 Å². The first-order chi connectivity index (χ1) is 12.9. The first-order valence-corrected chi connectivity index (χ1v) is 8.60. The smallest absolute Gasteiger partial charge is 0.157 e. The molecule has 0 saturated heterocycles. The Morgan fingerprint density at radius 2 is 2.08 bits per heavy atom. The van der Waals surface area contributed by atoms with E-state index in [4.69, 9.17) is 10.00 Å². The van der Waals surface area contributed by atoms with Crippen LogP contribution in [0.15, 0.2) is 61.1 Å². The van der Waals surface area contributed by atoms with Crippen molar-refractivity contribution in [1.82, 2.24) is 20.1 Å². The van der Waals surface area contributed by atoms with Crippen LogP contribution < -0.4 is 10.1 Å². The summed E-state index contributed by atoms with van der Waals surface area (Å²) < 4.78 is 7.45. The molecule has 6 heteroatoms. The van der Waals surface area contributed by atoms with Crippen LogP contribution in [0.4, 0.5) is 0 Å². The van der Waals surface area contributed by atoms with Gasteiger partial charge >= 0.3 is 0 Å². The highest BCUT2D eigenvalue weighted by molar-refractivity contribution is 5.33. The standard InChI is InChI=1S/C20H21N5O/c21-9-1-2-13-26-19-8-3-6-17(14-19)15-22-16-18-7-4-10-23-20(18)25-12-5-11-24-25/h3-8,10-12,14,22H,1-2,13,15-16H2. The highest BCUT2D eigenvalue weighted by Crippen LogP contribution is 2.15. The molecule has 26 heavy (non-hydrogen) atoms. The molecule has 0 saturated carbocycles. The summed E-state index contributed by atoms with van der Waals surface area (Å²) in [5.74, 6) is 1.67. The van der Waals surface area contributed by atoms with Crippen molar-refractivity contribution < 1.29 is 4.74 Å². The molecule has 0 aliphatic heterocycles. The molecule has 0 fully saturated rings. The van der Waals surface area contributed by atoms with Crippen LogP contribution in [0.25, 0.3) is 5.82 Å². The fourth-order valence-corrected chi connectivity index (χ4v) is 2.60. The van der Waals surface area contributed by atoms with Crippen molar-refractivity contribution >= 4 is 0 Å². The summed E-state index contributed by atoms with van der Waals surface area (Å²) in [6, 6.07) is 16.0. The van der Waals surface area contributed by atoms with Gasteiger partial charge in [0.05, 0.1) is 12.7 Å². The number of benzene rings is 1. The maximum atomic E-state index is 8.55. The number of aromatic nitrogens is 3. The van der Waals surface area contributed by atoms with Gasteiger partial charge in [0.1, 0.15) is 5.75 Å². The monoisotopic (exact) mass is 347 g/mol. The summed E-state index contributed by atoms with van der Waals surface area (Å²) >= 11 is 0. The predicted octanol–water partition coefficient (Wildman–Crippen LogP) is 3.24. The van der Waals surface area contributed by atoms with Crippen molar-refractivity contribution in [2.24, 2.45) is 0 Å². The second-order valence-electron chi connectivity index (χ2n) is 5.80. The van der Waals surface area contributed by atoms with Crippen LogP contribution >= 0.6 is 0 Å². The minimum Gasteiger partial charge on any atom is -0.494 e. The minimum atomic E-state index is 0.519. The van der Waals surface area contributed by atoms with E-state index in [0.717, 1.165) is 35.7 Å². The molecule has 0 bridgehead atoms. The van der Waals surface area contributed by atoms with Crippen molar-refractivity contribution in [2.75, 3.05) is 6.61 Å². The summed E-state index contributed by atoms with van der Waals surface area (Å²) in [7, 11) is 0. The van der Waals surface area contributed by atoms with Gasteiger partial charge in [-0.15, -0.1) is 0 Å². The van der Waals surface area contributed by atoms with E-state index in [1.54, 1.807) is 17.1 Å². The summed E-state index contributed by atoms with van der Waals surface area (Å²) in [4.78, 5) is 4.43. The van der Waals surface area contributed by atoms with E-state index >= 15 is 0 Å². The van der Waals surface area contributed by atoms with Gasteiger partial charge in [0.2, 0.25) is 0 Å². The number of unbranched alkanes of at least 4 members (excludes halogenated alkanes) is 1. The molecule has 0 spiro atoms. The van der Waals surface area contributed by atoms with E-state index in [1.807, 2.05) is 42.6 Å². The number of pyridine rings is 1. The lowest BCUT2D eigenvalue weighted by Gasteiger charge is -2.11. The fraction of sp³-hybridized carbons (Fsp3) is 0.250. The molecule has 0 unspecified atom stereocenters. The van der Waals surface area contributed by atoms with Crippen LogP contribution in [0.2, 0.25) is 0 Å². The third-order valence-corrected chi connectivity index (χ3v) is 3.83. The molecule has 0 radical (unpaired) electrons. The largest absolute Gasteiger partial charge is 0.494 e. The first kappa shape index (κ1) is 17.6. The Labute approximate surface area is 153 Å². The molecule has 1 N–H and O–H groups in total. The van der Waals surface area contributed by atoms with Gasteiger partial charge < -0.3 is 10.1 Å². The topological polar surface area (TPSA) is 75.8 Å². The summed E-state index contributed by atoms with van der Waals surface area (Å²) in [5, 5.41) is 16.3. The van der Waals surface area contributed by atoms with E-state index in [-0.39, 0.29) is 0 Å². The van der Waals surface area contributed by atoms with Crippen molar-refractivity contribution in [2.45, 2.75) is 25.9 Å². The number of hydrogen-bond donors (Lipinski definition) is 1. The average molecular weight is 347 g/mol. The van der Waals surface area contributed by atoms with E-state index in [0.29, 0.717) is 19.6 Å². The second-order valence-corrected chi connectivity index (χ2v) is 5.80. The summed E-state index contributed by atoms with van der Waals surface area (Å²) in [6.07, 6.45) is 6.67. The third-order valence-electron chi connectivity index (χ3n) is 3.83. The van der Waals surface area contributed by atoms with Gasteiger partial charge in [-0.1, -0.05) is 18.2 Å². The molecule has 0 aliphatic carbocycles. The Hall–Kier alpha value is -3.17. The van der Waals surface area contributed by atoms with Crippen LogP contribution in [0.3, 0.4) is 0 Å². The Kier molecular flexibility index (Phi) is 6.35.